The smallest absolute Gasteiger partial charge is 0.326 e. The predicted octanol–water partition coefficient (Wildman–Crippen LogP) is -3.37. The lowest BCUT2D eigenvalue weighted by atomic mass is 10.0. The summed E-state index contributed by atoms with van der Waals surface area (Å²) >= 11 is 0. The van der Waals surface area contributed by atoms with Crippen LogP contribution in [-0.2, 0) is 33.6 Å². The number of amides is 5. The molecule has 1 fully saturated rings. The van der Waals surface area contributed by atoms with Crippen molar-refractivity contribution in [2.24, 2.45) is 11.7 Å². The Labute approximate surface area is 248 Å². The number of nitrogens with two attached hydrogens (primary N) is 1. The number of carboxylic acid groups (broad SMARTS) is 2. The molecule has 1 aliphatic heterocycles. The molecular formula is C26H44N6O11. The van der Waals surface area contributed by atoms with E-state index in [1.165, 1.54) is 11.8 Å². The van der Waals surface area contributed by atoms with Gasteiger partial charge in [-0.3, -0.25) is 28.8 Å². The van der Waals surface area contributed by atoms with Gasteiger partial charge in [-0.05, 0) is 45.4 Å². The molecule has 17 nitrogen and oxygen atoms in total. The minimum Gasteiger partial charge on any atom is -0.481 e. The second-order valence-electron chi connectivity index (χ2n) is 11.0. The van der Waals surface area contributed by atoms with Gasteiger partial charge in [-0.25, -0.2) is 4.79 Å². The van der Waals surface area contributed by atoms with Crippen LogP contribution in [0.5, 0.6) is 0 Å². The number of rotatable bonds is 17. The van der Waals surface area contributed by atoms with E-state index in [1.54, 1.807) is 0 Å². The summed E-state index contributed by atoms with van der Waals surface area (Å²) in [5.41, 5.74) is 6.01. The highest BCUT2D eigenvalue weighted by molar-refractivity contribution is 5.96. The second kappa shape index (κ2) is 17.3. The van der Waals surface area contributed by atoms with Gasteiger partial charge in [0.15, 0.2) is 0 Å². The van der Waals surface area contributed by atoms with Crippen molar-refractivity contribution in [3.05, 3.63) is 0 Å². The van der Waals surface area contributed by atoms with E-state index < -0.39 is 103 Å². The van der Waals surface area contributed by atoms with E-state index in [4.69, 9.17) is 15.9 Å². The number of nitrogens with zero attached hydrogens (tertiary/aromatic N) is 1. The molecule has 1 rings (SSSR count). The summed E-state index contributed by atoms with van der Waals surface area (Å²) in [5, 5.41) is 47.0. The average Bonchev–Trinajstić information content (AvgIpc) is 3.39. The Morgan fingerprint density at radius 3 is 1.98 bits per heavy atom. The van der Waals surface area contributed by atoms with Gasteiger partial charge in [0.1, 0.15) is 24.2 Å². The molecule has 1 saturated heterocycles. The molecule has 0 aromatic rings. The molecule has 17 heteroatoms. The molecule has 0 bridgehead atoms. The Morgan fingerprint density at radius 2 is 1.47 bits per heavy atom. The highest BCUT2D eigenvalue weighted by Gasteiger charge is 2.39. The Hall–Kier alpha value is -3.83. The molecule has 0 unspecified atom stereocenters. The maximum Gasteiger partial charge on any atom is 0.326 e. The zero-order valence-corrected chi connectivity index (χ0v) is 24.7. The summed E-state index contributed by atoms with van der Waals surface area (Å²) in [7, 11) is 0. The maximum absolute atomic E-state index is 13.1. The second-order valence-corrected chi connectivity index (χ2v) is 11.0. The van der Waals surface area contributed by atoms with Crippen LogP contribution in [0.2, 0.25) is 0 Å². The molecule has 0 aromatic heterocycles. The number of likely N-dealkylation sites (tertiary alicyclic amines) is 1. The number of hydrogen-bond donors (Lipinski definition) is 9. The zero-order valence-electron chi connectivity index (χ0n) is 24.7. The quantitative estimate of drug-likeness (QED) is 0.0774. The highest BCUT2D eigenvalue weighted by Crippen LogP contribution is 2.20. The van der Waals surface area contributed by atoms with Crippen LogP contribution in [0, 0.1) is 5.92 Å². The Morgan fingerprint density at radius 1 is 0.884 bits per heavy atom. The summed E-state index contributed by atoms with van der Waals surface area (Å²) in [4.78, 5) is 87.0. The molecule has 0 radical (unpaired) electrons. The number of carbonyl (C=O) groups excluding carboxylic acids is 5. The first kappa shape index (κ1) is 37.2. The summed E-state index contributed by atoms with van der Waals surface area (Å²) in [6.45, 7) is 5.71. The third-order valence-electron chi connectivity index (χ3n) is 6.71. The van der Waals surface area contributed by atoms with Gasteiger partial charge in [0.05, 0.1) is 24.8 Å². The van der Waals surface area contributed by atoms with Gasteiger partial charge in [0.25, 0.3) is 0 Å². The SMILES string of the molecule is CC(C)C[C@H](N)C(=O)N1CCC[C@H]1C(=O)N[C@H](C(=O)N[C@H](C(=O)NCC(=O)N[C@@H](CCC(=O)O)C(=O)O)[C@@H](C)O)[C@@H](C)O. The number of carboxylic acids is 2. The molecule has 1 aliphatic rings. The van der Waals surface area contributed by atoms with Crippen molar-refractivity contribution < 1.29 is 54.0 Å². The fraction of sp³-hybridized carbons (Fsp3) is 0.731. The largest absolute Gasteiger partial charge is 0.481 e. The standard InChI is InChI=1S/C26H44N6O11/c1-12(2)10-15(27)25(41)32-9-5-6-17(32)22(38)30-21(14(4)34)24(40)31-20(13(3)33)23(39)28-11-18(35)29-16(26(42)43)7-8-19(36)37/h12-17,20-21,33-34H,5-11,27H2,1-4H3,(H,28,39)(H,29,35)(H,30,38)(H,31,40)(H,36,37)(H,42,43)/t13-,14-,15+,16+,17+,20+,21+/m1/s1. The Balaban J connectivity index is 2.86. The molecule has 7 atom stereocenters. The van der Waals surface area contributed by atoms with Crippen molar-refractivity contribution in [3.8, 4) is 0 Å². The molecule has 0 aliphatic carbocycles. The van der Waals surface area contributed by atoms with Crippen LogP contribution in [0.1, 0.15) is 59.8 Å². The molecule has 10 N–H and O–H groups in total. The minimum atomic E-state index is -1.65. The summed E-state index contributed by atoms with van der Waals surface area (Å²) in [6.07, 6.45) is -2.65. The van der Waals surface area contributed by atoms with E-state index >= 15 is 0 Å². The normalized spacial score (nSPS) is 18.9. The van der Waals surface area contributed by atoms with Crippen molar-refractivity contribution in [2.45, 2.75) is 102 Å². The third-order valence-corrected chi connectivity index (χ3v) is 6.71. The minimum absolute atomic E-state index is 0.149. The van der Waals surface area contributed by atoms with Crippen molar-refractivity contribution in [3.63, 3.8) is 0 Å². The highest BCUT2D eigenvalue weighted by atomic mass is 16.4. The molecule has 0 spiro atoms. The van der Waals surface area contributed by atoms with Crippen LogP contribution in [0.3, 0.4) is 0 Å². The zero-order chi connectivity index (χ0) is 33.0. The first-order valence-electron chi connectivity index (χ1n) is 14.0. The number of aliphatic hydroxyl groups is 2. The van der Waals surface area contributed by atoms with Crippen LogP contribution in [0.25, 0.3) is 0 Å². The molecule has 0 saturated carbocycles. The van der Waals surface area contributed by atoms with Gasteiger partial charge in [-0.2, -0.15) is 0 Å². The van der Waals surface area contributed by atoms with Gasteiger partial charge in [-0.1, -0.05) is 13.8 Å². The number of aliphatic carboxylic acids is 2. The van der Waals surface area contributed by atoms with Gasteiger partial charge < -0.3 is 52.3 Å². The molecular weight excluding hydrogens is 572 g/mol. The summed E-state index contributed by atoms with van der Waals surface area (Å²) in [5.74, 6) is -6.78. The van der Waals surface area contributed by atoms with Crippen LogP contribution < -0.4 is 27.0 Å². The van der Waals surface area contributed by atoms with Crippen LogP contribution >= 0.6 is 0 Å². The maximum atomic E-state index is 13.1. The van der Waals surface area contributed by atoms with Gasteiger partial charge in [-0.15, -0.1) is 0 Å². The predicted molar refractivity (Wildman–Crippen MR) is 149 cm³/mol. The van der Waals surface area contributed by atoms with E-state index in [0.29, 0.717) is 25.8 Å². The number of nitrogens with one attached hydrogen (secondary N) is 4. The van der Waals surface area contributed by atoms with Crippen LogP contribution in [0.15, 0.2) is 0 Å². The summed E-state index contributed by atoms with van der Waals surface area (Å²) in [6, 6.07) is -6.51. The summed E-state index contributed by atoms with van der Waals surface area (Å²) < 4.78 is 0. The first-order chi connectivity index (χ1) is 20.0. The lowest BCUT2D eigenvalue weighted by Crippen LogP contribution is -2.61. The number of aliphatic hydroxyl groups excluding tert-OH is 2. The van der Waals surface area contributed by atoms with E-state index in [0.717, 1.165) is 6.92 Å². The Bertz CT molecular complexity index is 1040. The fourth-order valence-electron chi connectivity index (χ4n) is 4.48. The van der Waals surface area contributed by atoms with Gasteiger partial charge >= 0.3 is 11.9 Å². The van der Waals surface area contributed by atoms with Crippen molar-refractivity contribution in [2.75, 3.05) is 13.1 Å². The topological polar surface area (TPSA) is 278 Å². The lowest BCUT2D eigenvalue weighted by Gasteiger charge is -2.30. The monoisotopic (exact) mass is 616 g/mol. The van der Waals surface area contributed by atoms with E-state index in [2.05, 4.69) is 21.3 Å². The van der Waals surface area contributed by atoms with Crippen molar-refractivity contribution in [1.29, 1.82) is 0 Å². The average molecular weight is 617 g/mol. The number of carbonyl (C=O) groups is 7. The molecule has 1 heterocycles. The van der Waals surface area contributed by atoms with E-state index in [9.17, 15) is 43.8 Å². The van der Waals surface area contributed by atoms with Gasteiger partial charge in [0, 0.05) is 13.0 Å². The first-order valence-corrected chi connectivity index (χ1v) is 14.0. The lowest BCUT2D eigenvalue weighted by molar-refractivity contribution is -0.143. The van der Waals surface area contributed by atoms with E-state index in [-0.39, 0.29) is 5.92 Å². The van der Waals surface area contributed by atoms with Crippen LogP contribution in [0.4, 0.5) is 0 Å². The Kier molecular flexibility index (Phi) is 15.0. The van der Waals surface area contributed by atoms with Gasteiger partial charge in [0.2, 0.25) is 29.5 Å². The van der Waals surface area contributed by atoms with E-state index in [1.807, 2.05) is 13.8 Å². The van der Waals surface area contributed by atoms with Crippen LogP contribution in [-0.4, -0.2) is 122 Å². The molecule has 5 amide bonds. The fourth-order valence-corrected chi connectivity index (χ4v) is 4.48. The third kappa shape index (κ3) is 12.1. The number of hydrogen-bond acceptors (Lipinski definition) is 10. The van der Waals surface area contributed by atoms with Crippen molar-refractivity contribution >= 4 is 41.5 Å². The molecule has 43 heavy (non-hydrogen) atoms. The van der Waals surface area contributed by atoms with Crippen molar-refractivity contribution in [1.82, 2.24) is 26.2 Å². The molecule has 0 aromatic carbocycles. The molecule has 244 valence electrons.